The summed E-state index contributed by atoms with van der Waals surface area (Å²) < 4.78 is 0. The molecule has 0 spiro atoms. The van der Waals surface area contributed by atoms with Gasteiger partial charge in [-0.1, -0.05) is 17.7 Å². The van der Waals surface area contributed by atoms with E-state index in [0.717, 1.165) is 5.56 Å². The van der Waals surface area contributed by atoms with Crippen LogP contribution in [0.4, 0.5) is 0 Å². The van der Waals surface area contributed by atoms with Crippen molar-refractivity contribution in [2.24, 2.45) is 5.73 Å². The van der Waals surface area contributed by atoms with Crippen LogP contribution in [-0.2, 0) is 9.59 Å². The molecule has 1 aliphatic carbocycles. The maximum Gasteiger partial charge on any atom is 0.252 e. The number of carbonyl (C=O) groups is 3. The summed E-state index contributed by atoms with van der Waals surface area (Å²) in [4.78, 5) is 35.8. The maximum absolute atomic E-state index is 12.4. The molecule has 9 heteroatoms. The van der Waals surface area contributed by atoms with Crippen LogP contribution >= 0.6 is 0 Å². The predicted molar refractivity (Wildman–Crippen MR) is 95.4 cm³/mol. The lowest BCUT2D eigenvalue weighted by Gasteiger charge is -2.41. The van der Waals surface area contributed by atoms with Crippen molar-refractivity contribution in [3.05, 3.63) is 35.4 Å². The van der Waals surface area contributed by atoms with Crippen LogP contribution in [0.3, 0.4) is 0 Å². The summed E-state index contributed by atoms with van der Waals surface area (Å²) in [5.74, 6) is -2.21. The van der Waals surface area contributed by atoms with Crippen molar-refractivity contribution in [1.29, 1.82) is 0 Å². The molecule has 3 amide bonds. The van der Waals surface area contributed by atoms with Gasteiger partial charge in [0.05, 0.1) is 12.1 Å². The standard InChI is InChI=1S/C18H25N3O6/c1-9-3-5-11(6-4-9)16(25)21-12-7-18(27,8-13(22)14(12)23)17(26)20-10(2)15(19)24/h3-6,10,12-14,22-23,27H,7-8H2,1-2H3,(H2,19,24)(H,20,26)(H,21,25)/t10-,12-,13-,14-,18+/m1/s1. The van der Waals surface area contributed by atoms with E-state index < -0.39 is 54.0 Å². The minimum Gasteiger partial charge on any atom is -0.390 e. The topological polar surface area (TPSA) is 162 Å². The first-order valence-corrected chi connectivity index (χ1v) is 8.60. The Bertz CT molecular complexity index is 722. The molecular weight excluding hydrogens is 354 g/mol. The van der Waals surface area contributed by atoms with E-state index in [2.05, 4.69) is 10.6 Å². The van der Waals surface area contributed by atoms with Crippen molar-refractivity contribution in [2.45, 2.75) is 56.6 Å². The van der Waals surface area contributed by atoms with Crippen LogP contribution in [0.2, 0.25) is 0 Å². The first-order valence-electron chi connectivity index (χ1n) is 8.60. The van der Waals surface area contributed by atoms with Crippen LogP contribution in [-0.4, -0.2) is 62.9 Å². The lowest BCUT2D eigenvalue weighted by molar-refractivity contribution is -0.158. The van der Waals surface area contributed by atoms with Gasteiger partial charge in [-0.15, -0.1) is 0 Å². The molecule has 0 aromatic heterocycles. The van der Waals surface area contributed by atoms with Gasteiger partial charge in [0.15, 0.2) is 0 Å². The molecule has 1 aromatic carbocycles. The third-order valence-electron chi connectivity index (χ3n) is 4.74. The Morgan fingerprint density at radius 1 is 1.19 bits per heavy atom. The van der Waals surface area contributed by atoms with Crippen LogP contribution in [0.1, 0.15) is 35.7 Å². The van der Waals surface area contributed by atoms with E-state index in [1.165, 1.54) is 6.92 Å². The number of nitrogens with one attached hydrogen (secondary N) is 2. The Balaban J connectivity index is 2.13. The molecule has 9 nitrogen and oxygen atoms in total. The van der Waals surface area contributed by atoms with Gasteiger partial charge in [-0.05, 0) is 26.0 Å². The number of hydrogen-bond donors (Lipinski definition) is 6. The molecule has 148 valence electrons. The second-order valence-electron chi connectivity index (χ2n) is 7.04. The number of hydrogen-bond acceptors (Lipinski definition) is 6. The van der Waals surface area contributed by atoms with Gasteiger partial charge in [0.1, 0.15) is 17.7 Å². The molecule has 0 radical (unpaired) electrons. The molecule has 0 aliphatic heterocycles. The predicted octanol–water partition coefficient (Wildman–Crippen LogP) is -1.67. The molecule has 1 fully saturated rings. The molecule has 0 saturated heterocycles. The Morgan fingerprint density at radius 3 is 2.33 bits per heavy atom. The third-order valence-corrected chi connectivity index (χ3v) is 4.74. The van der Waals surface area contributed by atoms with Gasteiger partial charge in [-0.3, -0.25) is 14.4 Å². The quantitative estimate of drug-likeness (QED) is 0.358. The van der Waals surface area contributed by atoms with E-state index in [9.17, 15) is 29.7 Å². The molecular formula is C18H25N3O6. The first-order chi connectivity index (χ1) is 12.5. The number of carbonyl (C=O) groups excluding carboxylic acids is 3. The van der Waals surface area contributed by atoms with Gasteiger partial charge >= 0.3 is 0 Å². The van der Waals surface area contributed by atoms with Crippen molar-refractivity contribution < 1.29 is 29.7 Å². The number of benzene rings is 1. The van der Waals surface area contributed by atoms with Crippen LogP contribution in [0.25, 0.3) is 0 Å². The Hall–Kier alpha value is -2.49. The molecule has 1 aromatic rings. The number of aliphatic hydroxyl groups is 3. The minimum absolute atomic E-state index is 0.333. The largest absolute Gasteiger partial charge is 0.390 e. The van der Waals surface area contributed by atoms with Crippen LogP contribution in [0.5, 0.6) is 0 Å². The summed E-state index contributed by atoms with van der Waals surface area (Å²) in [6, 6.07) is 4.60. The molecule has 2 rings (SSSR count). The van der Waals surface area contributed by atoms with Gasteiger partial charge < -0.3 is 31.7 Å². The molecule has 0 heterocycles. The van der Waals surface area contributed by atoms with E-state index in [0.29, 0.717) is 5.56 Å². The normalized spacial score (nSPS) is 28.9. The van der Waals surface area contributed by atoms with Crippen LogP contribution in [0.15, 0.2) is 24.3 Å². The maximum atomic E-state index is 12.4. The van der Waals surface area contributed by atoms with Gasteiger partial charge in [0.25, 0.3) is 11.8 Å². The van der Waals surface area contributed by atoms with E-state index in [1.54, 1.807) is 24.3 Å². The van der Waals surface area contributed by atoms with Crippen LogP contribution < -0.4 is 16.4 Å². The molecule has 1 saturated carbocycles. The van der Waals surface area contributed by atoms with Gasteiger partial charge in [-0.2, -0.15) is 0 Å². The highest BCUT2D eigenvalue weighted by Crippen LogP contribution is 2.30. The summed E-state index contributed by atoms with van der Waals surface area (Å²) in [6.45, 7) is 3.23. The summed E-state index contributed by atoms with van der Waals surface area (Å²) >= 11 is 0. The van der Waals surface area contributed by atoms with Gasteiger partial charge in [0.2, 0.25) is 5.91 Å². The van der Waals surface area contributed by atoms with Crippen molar-refractivity contribution in [3.63, 3.8) is 0 Å². The summed E-state index contributed by atoms with van der Waals surface area (Å²) in [5.41, 5.74) is 4.32. The molecule has 27 heavy (non-hydrogen) atoms. The number of rotatable bonds is 5. The lowest BCUT2D eigenvalue weighted by atomic mass is 9.77. The highest BCUT2D eigenvalue weighted by molar-refractivity contribution is 5.95. The lowest BCUT2D eigenvalue weighted by Crippen LogP contribution is -2.64. The number of amides is 3. The van der Waals surface area contributed by atoms with Gasteiger partial charge in [-0.25, -0.2) is 0 Å². The SMILES string of the molecule is Cc1ccc(C(=O)N[C@@H]2C[C@@](O)(C(=O)N[C@H](C)C(N)=O)C[C@@H](O)[C@@H]2O)cc1. The summed E-state index contributed by atoms with van der Waals surface area (Å²) in [5, 5.41) is 35.7. The summed E-state index contributed by atoms with van der Waals surface area (Å²) in [7, 11) is 0. The fourth-order valence-corrected chi connectivity index (χ4v) is 2.98. The smallest absolute Gasteiger partial charge is 0.252 e. The van der Waals surface area contributed by atoms with Crippen molar-refractivity contribution >= 4 is 17.7 Å². The fraction of sp³-hybridized carbons (Fsp3) is 0.500. The highest BCUT2D eigenvalue weighted by Gasteiger charge is 2.49. The Labute approximate surface area is 156 Å². The highest BCUT2D eigenvalue weighted by atomic mass is 16.3. The molecule has 1 aliphatic rings. The Morgan fingerprint density at radius 2 is 1.78 bits per heavy atom. The van der Waals surface area contributed by atoms with E-state index >= 15 is 0 Å². The van der Waals surface area contributed by atoms with Crippen LogP contribution in [0, 0.1) is 6.92 Å². The average Bonchev–Trinajstić information content (AvgIpc) is 2.59. The molecule has 7 N–H and O–H groups in total. The summed E-state index contributed by atoms with van der Waals surface area (Å²) in [6.07, 6.45) is -3.58. The number of primary amides is 1. The molecule has 0 unspecified atom stereocenters. The Kier molecular flexibility index (Phi) is 6.19. The third kappa shape index (κ3) is 4.82. The monoisotopic (exact) mass is 379 g/mol. The molecule has 5 atom stereocenters. The van der Waals surface area contributed by atoms with E-state index in [-0.39, 0.29) is 6.42 Å². The zero-order chi connectivity index (χ0) is 20.4. The van der Waals surface area contributed by atoms with Crippen molar-refractivity contribution in [1.82, 2.24) is 10.6 Å². The fourth-order valence-electron chi connectivity index (χ4n) is 2.98. The number of aryl methyl sites for hydroxylation is 1. The van der Waals surface area contributed by atoms with Gasteiger partial charge in [0, 0.05) is 18.4 Å². The van der Waals surface area contributed by atoms with Crippen molar-refractivity contribution in [3.8, 4) is 0 Å². The van der Waals surface area contributed by atoms with E-state index in [1.807, 2.05) is 6.92 Å². The average molecular weight is 379 g/mol. The first kappa shape index (κ1) is 20.8. The van der Waals surface area contributed by atoms with Crippen molar-refractivity contribution in [2.75, 3.05) is 0 Å². The minimum atomic E-state index is -2.08. The molecule has 0 bridgehead atoms. The van der Waals surface area contributed by atoms with E-state index in [4.69, 9.17) is 5.73 Å². The number of nitrogens with two attached hydrogens (primary N) is 1. The second kappa shape index (κ2) is 8.03. The zero-order valence-corrected chi connectivity index (χ0v) is 15.2. The zero-order valence-electron chi connectivity index (χ0n) is 15.2. The number of aliphatic hydroxyl groups excluding tert-OH is 2. The second-order valence-corrected chi connectivity index (χ2v) is 7.04.